The lowest BCUT2D eigenvalue weighted by Gasteiger charge is -2.16. The van der Waals surface area contributed by atoms with Crippen molar-refractivity contribution in [3.8, 4) is 0 Å². The zero-order valence-corrected chi connectivity index (χ0v) is 21.2. The van der Waals surface area contributed by atoms with Gasteiger partial charge in [0.05, 0.1) is 17.1 Å². The van der Waals surface area contributed by atoms with E-state index in [0.717, 1.165) is 40.8 Å². The van der Waals surface area contributed by atoms with Crippen molar-refractivity contribution in [2.75, 3.05) is 16.8 Å². The van der Waals surface area contributed by atoms with Gasteiger partial charge < -0.3 is 10.6 Å². The maximum atomic E-state index is 13.5. The van der Waals surface area contributed by atoms with Crippen molar-refractivity contribution in [2.24, 2.45) is 0 Å². The third-order valence-corrected chi connectivity index (χ3v) is 10.0. The quantitative estimate of drug-likeness (QED) is 0.601. The first-order chi connectivity index (χ1) is 17.0. The Kier molecular flexibility index (Phi) is 6.64. The first kappa shape index (κ1) is 25.2. The molecule has 13 heteroatoms. The number of nitrogens with one attached hydrogen (secondary N) is 2. The van der Waals surface area contributed by atoms with Crippen LogP contribution >= 0.6 is 11.3 Å². The molecule has 3 heterocycles. The molecule has 1 unspecified atom stereocenters. The zero-order chi connectivity index (χ0) is 25.7. The van der Waals surface area contributed by atoms with Gasteiger partial charge in [-0.2, -0.15) is 18.3 Å². The number of carbonyl (C=O) groups is 2. The standard InChI is InChI=1S/C23H27F3N4O4S2/c24-23(25,26)20-14-5-1-3-7-16(14)30(29-20)11-18(31)28-22-19(15-6-2-4-8-17(15)35-22)21(32)27-13-9-10-36(33,34)12-13/h13H,1-12H2,(H,27,32)(H,28,31). The SMILES string of the molecule is O=C(Cn1nc(C(F)(F)F)c2c1CCCC2)Nc1sc2c(c1C(=O)NC1CCS(=O)(=O)C1)CCCC2. The average molecular weight is 545 g/mol. The normalized spacial score (nSPS) is 21.0. The Bertz CT molecular complexity index is 1310. The van der Waals surface area contributed by atoms with E-state index in [-0.39, 0.29) is 30.0 Å². The third-order valence-electron chi connectivity index (χ3n) is 7.04. The highest BCUT2D eigenvalue weighted by Gasteiger charge is 2.40. The number of halogens is 3. The number of aromatic nitrogens is 2. The van der Waals surface area contributed by atoms with E-state index >= 15 is 0 Å². The van der Waals surface area contributed by atoms with Crippen LogP contribution in [0.15, 0.2) is 0 Å². The lowest BCUT2D eigenvalue weighted by atomic mass is 9.95. The second-order valence-electron chi connectivity index (χ2n) is 9.67. The minimum Gasteiger partial charge on any atom is -0.348 e. The van der Waals surface area contributed by atoms with E-state index in [4.69, 9.17) is 0 Å². The summed E-state index contributed by atoms with van der Waals surface area (Å²) in [5.41, 5.74) is 0.874. The summed E-state index contributed by atoms with van der Waals surface area (Å²) in [6.07, 6.45) is 1.15. The van der Waals surface area contributed by atoms with Crippen molar-refractivity contribution < 1.29 is 31.2 Å². The molecule has 3 aliphatic rings. The number of fused-ring (bicyclic) bond motifs is 2. The van der Waals surface area contributed by atoms with Gasteiger partial charge >= 0.3 is 6.18 Å². The molecule has 1 saturated heterocycles. The van der Waals surface area contributed by atoms with Crippen LogP contribution in [0.5, 0.6) is 0 Å². The summed E-state index contributed by atoms with van der Waals surface area (Å²) in [6.45, 7) is -0.386. The minimum atomic E-state index is -4.59. The molecular formula is C23H27F3N4O4S2. The van der Waals surface area contributed by atoms with Gasteiger partial charge in [-0.1, -0.05) is 0 Å². The Balaban J connectivity index is 1.38. The number of amides is 2. The van der Waals surface area contributed by atoms with Crippen molar-refractivity contribution in [2.45, 2.75) is 76.6 Å². The number of rotatable bonds is 5. The van der Waals surface area contributed by atoms with Crippen LogP contribution in [0.1, 0.15) is 69.9 Å². The van der Waals surface area contributed by atoms with E-state index in [1.807, 2.05) is 0 Å². The van der Waals surface area contributed by atoms with E-state index in [1.165, 1.54) is 11.3 Å². The number of thiophene rings is 1. The predicted molar refractivity (Wildman–Crippen MR) is 128 cm³/mol. The second-order valence-corrected chi connectivity index (χ2v) is 13.0. The number of aryl methyl sites for hydroxylation is 1. The van der Waals surface area contributed by atoms with E-state index in [0.29, 0.717) is 41.9 Å². The maximum absolute atomic E-state index is 13.5. The topological polar surface area (TPSA) is 110 Å². The summed E-state index contributed by atoms with van der Waals surface area (Å²) >= 11 is 1.30. The molecule has 2 aliphatic carbocycles. The first-order valence-electron chi connectivity index (χ1n) is 12.1. The Morgan fingerprint density at radius 3 is 2.44 bits per heavy atom. The summed E-state index contributed by atoms with van der Waals surface area (Å²) in [4.78, 5) is 27.2. The van der Waals surface area contributed by atoms with Crippen LogP contribution in [0.25, 0.3) is 0 Å². The van der Waals surface area contributed by atoms with Crippen LogP contribution in [0.3, 0.4) is 0 Å². The van der Waals surface area contributed by atoms with Gasteiger partial charge in [-0.25, -0.2) is 8.42 Å². The molecule has 2 aromatic heterocycles. The molecule has 196 valence electrons. The van der Waals surface area contributed by atoms with Crippen LogP contribution < -0.4 is 10.6 Å². The van der Waals surface area contributed by atoms with E-state index in [9.17, 15) is 31.2 Å². The fourth-order valence-electron chi connectivity index (χ4n) is 5.39. The Morgan fingerprint density at radius 1 is 1.06 bits per heavy atom. The first-order valence-corrected chi connectivity index (χ1v) is 14.8. The predicted octanol–water partition coefficient (Wildman–Crippen LogP) is 3.28. The number of alkyl halides is 3. The lowest BCUT2D eigenvalue weighted by Crippen LogP contribution is -2.36. The fraction of sp³-hybridized carbons (Fsp3) is 0.609. The number of sulfone groups is 1. The molecule has 2 N–H and O–H groups in total. The van der Waals surface area contributed by atoms with Crippen LogP contribution in [0, 0.1) is 0 Å². The summed E-state index contributed by atoms with van der Waals surface area (Å²) < 4.78 is 65.3. The highest BCUT2D eigenvalue weighted by Crippen LogP contribution is 2.39. The van der Waals surface area contributed by atoms with Gasteiger partial charge in [-0.3, -0.25) is 14.3 Å². The molecular weight excluding hydrogens is 517 g/mol. The summed E-state index contributed by atoms with van der Waals surface area (Å²) in [6, 6.07) is -0.485. The largest absolute Gasteiger partial charge is 0.435 e. The molecule has 1 atom stereocenters. The zero-order valence-electron chi connectivity index (χ0n) is 19.5. The van der Waals surface area contributed by atoms with E-state index in [1.54, 1.807) is 0 Å². The monoisotopic (exact) mass is 544 g/mol. The maximum Gasteiger partial charge on any atom is 0.435 e. The Morgan fingerprint density at radius 2 is 1.75 bits per heavy atom. The number of anilines is 1. The van der Waals surface area contributed by atoms with Crippen LogP contribution in [-0.2, 0) is 53.0 Å². The molecule has 2 amide bonds. The molecule has 0 aromatic carbocycles. The summed E-state index contributed by atoms with van der Waals surface area (Å²) in [7, 11) is -3.18. The number of carbonyl (C=O) groups excluding carboxylic acids is 2. The average Bonchev–Trinajstić information content (AvgIpc) is 3.46. The molecule has 1 aliphatic heterocycles. The number of hydrogen-bond donors (Lipinski definition) is 2. The summed E-state index contributed by atoms with van der Waals surface area (Å²) in [5, 5.41) is 9.65. The van der Waals surface area contributed by atoms with Crippen molar-refractivity contribution in [1.29, 1.82) is 0 Å². The molecule has 0 radical (unpaired) electrons. The Labute approximate surface area is 210 Å². The highest BCUT2D eigenvalue weighted by molar-refractivity contribution is 7.91. The third kappa shape index (κ3) is 5.04. The van der Waals surface area contributed by atoms with Gasteiger partial charge in [-0.15, -0.1) is 11.3 Å². The molecule has 36 heavy (non-hydrogen) atoms. The van der Waals surface area contributed by atoms with Crippen molar-refractivity contribution >= 4 is 38.0 Å². The van der Waals surface area contributed by atoms with E-state index in [2.05, 4.69) is 15.7 Å². The minimum absolute atomic E-state index is 0.0252. The molecule has 2 aromatic rings. The van der Waals surface area contributed by atoms with Gasteiger partial charge in [0.2, 0.25) is 5.91 Å². The van der Waals surface area contributed by atoms with Crippen LogP contribution in [0.2, 0.25) is 0 Å². The van der Waals surface area contributed by atoms with Crippen LogP contribution in [-0.4, -0.2) is 47.6 Å². The smallest absolute Gasteiger partial charge is 0.348 e. The van der Waals surface area contributed by atoms with Crippen molar-refractivity contribution in [3.63, 3.8) is 0 Å². The fourth-order valence-corrected chi connectivity index (χ4v) is 8.37. The second kappa shape index (κ2) is 9.47. The van der Waals surface area contributed by atoms with Gasteiger partial charge in [0.1, 0.15) is 11.5 Å². The number of nitrogens with zero attached hydrogens (tertiary/aromatic N) is 2. The molecule has 0 spiro atoms. The molecule has 0 bridgehead atoms. The Hall–Kier alpha value is -2.41. The molecule has 0 saturated carbocycles. The van der Waals surface area contributed by atoms with Gasteiger partial charge in [0, 0.05) is 22.2 Å². The van der Waals surface area contributed by atoms with Gasteiger partial charge in [0.15, 0.2) is 15.5 Å². The summed E-state index contributed by atoms with van der Waals surface area (Å²) in [5.74, 6) is -1.07. The van der Waals surface area contributed by atoms with Gasteiger partial charge in [0.25, 0.3) is 5.91 Å². The molecule has 1 fully saturated rings. The molecule has 5 rings (SSSR count). The van der Waals surface area contributed by atoms with Crippen LogP contribution in [0.4, 0.5) is 18.2 Å². The molecule has 8 nitrogen and oxygen atoms in total. The van der Waals surface area contributed by atoms with Crippen molar-refractivity contribution in [1.82, 2.24) is 15.1 Å². The van der Waals surface area contributed by atoms with E-state index < -0.39 is 39.6 Å². The van der Waals surface area contributed by atoms with Gasteiger partial charge in [-0.05, 0) is 63.4 Å². The number of hydrogen-bond acceptors (Lipinski definition) is 6. The van der Waals surface area contributed by atoms with Crippen molar-refractivity contribution in [3.05, 3.63) is 33.0 Å². The lowest BCUT2D eigenvalue weighted by molar-refractivity contribution is -0.142. The highest BCUT2D eigenvalue weighted by atomic mass is 32.2.